The largest absolute Gasteiger partial charge is 0.387 e. The predicted molar refractivity (Wildman–Crippen MR) is 76.2 cm³/mol. The Morgan fingerprint density at radius 1 is 1.41 bits per heavy atom. The summed E-state index contributed by atoms with van der Waals surface area (Å²) in [5, 5.41) is 18.8. The van der Waals surface area contributed by atoms with E-state index in [4.69, 9.17) is 0 Å². The van der Waals surface area contributed by atoms with Gasteiger partial charge in [-0.15, -0.1) is 0 Å². The highest BCUT2D eigenvalue weighted by atomic mass is 19.2. The summed E-state index contributed by atoms with van der Waals surface area (Å²) in [6.07, 6.45) is 2.01. The molecule has 0 saturated heterocycles. The first kappa shape index (κ1) is 15.9. The van der Waals surface area contributed by atoms with Crippen molar-refractivity contribution in [2.45, 2.75) is 19.6 Å². The van der Waals surface area contributed by atoms with Crippen molar-refractivity contribution in [3.63, 3.8) is 0 Å². The minimum atomic E-state index is -1.14. The van der Waals surface area contributed by atoms with Crippen LogP contribution < -0.4 is 10.6 Å². The van der Waals surface area contributed by atoms with E-state index in [1.165, 1.54) is 12.3 Å². The van der Waals surface area contributed by atoms with Crippen LogP contribution in [-0.2, 0) is 6.54 Å². The Labute approximate surface area is 125 Å². The summed E-state index contributed by atoms with van der Waals surface area (Å²) < 4.78 is 27.5. The minimum Gasteiger partial charge on any atom is -0.387 e. The molecule has 0 aliphatic carbocycles. The maximum atomic E-state index is 13.1. The third-order valence-corrected chi connectivity index (χ3v) is 3.00. The second kappa shape index (κ2) is 6.99. The lowest BCUT2D eigenvalue weighted by molar-refractivity contribution is 0.174. The van der Waals surface area contributed by atoms with Crippen molar-refractivity contribution >= 4 is 11.7 Å². The molecule has 0 bridgehead atoms. The summed E-state index contributed by atoms with van der Waals surface area (Å²) >= 11 is 0. The fourth-order valence-corrected chi connectivity index (χ4v) is 1.80. The van der Waals surface area contributed by atoms with Crippen LogP contribution in [0.15, 0.2) is 30.6 Å². The van der Waals surface area contributed by atoms with Crippen molar-refractivity contribution in [1.29, 1.82) is 0 Å². The standard InChI is InChI=1S/C14H16F2N4O2/c1-2-20-8-10(6-18-20)19-14(22)17-7-13(21)9-3-4-11(15)12(16)5-9/h3-6,8,13,21H,2,7H2,1H3,(H2,17,19,22)/t13-/m0/s1. The van der Waals surface area contributed by atoms with Crippen LogP contribution in [0.5, 0.6) is 0 Å². The van der Waals surface area contributed by atoms with Crippen LogP contribution in [-0.4, -0.2) is 27.5 Å². The van der Waals surface area contributed by atoms with Crippen molar-refractivity contribution in [2.24, 2.45) is 0 Å². The van der Waals surface area contributed by atoms with Gasteiger partial charge in [-0.25, -0.2) is 13.6 Å². The van der Waals surface area contributed by atoms with E-state index < -0.39 is 23.8 Å². The molecule has 0 aliphatic rings. The smallest absolute Gasteiger partial charge is 0.319 e. The number of hydrogen-bond donors (Lipinski definition) is 3. The van der Waals surface area contributed by atoms with Crippen LogP contribution in [0.1, 0.15) is 18.6 Å². The van der Waals surface area contributed by atoms with E-state index in [1.807, 2.05) is 6.92 Å². The number of benzene rings is 1. The monoisotopic (exact) mass is 310 g/mol. The van der Waals surface area contributed by atoms with Gasteiger partial charge in [-0.2, -0.15) is 5.10 Å². The molecule has 1 heterocycles. The number of urea groups is 1. The number of aliphatic hydroxyl groups is 1. The first-order valence-corrected chi connectivity index (χ1v) is 6.70. The van der Waals surface area contributed by atoms with Gasteiger partial charge in [-0.05, 0) is 24.6 Å². The van der Waals surface area contributed by atoms with Crippen molar-refractivity contribution in [3.05, 3.63) is 47.8 Å². The van der Waals surface area contributed by atoms with E-state index in [9.17, 15) is 18.7 Å². The van der Waals surface area contributed by atoms with Crippen LogP contribution in [0.25, 0.3) is 0 Å². The third kappa shape index (κ3) is 4.01. The van der Waals surface area contributed by atoms with Gasteiger partial charge >= 0.3 is 6.03 Å². The zero-order valence-electron chi connectivity index (χ0n) is 11.9. The van der Waals surface area contributed by atoms with Gasteiger partial charge in [0.25, 0.3) is 0 Å². The number of halogens is 2. The Bertz CT molecular complexity index is 660. The number of rotatable bonds is 5. The molecule has 3 N–H and O–H groups in total. The zero-order valence-corrected chi connectivity index (χ0v) is 11.9. The lowest BCUT2D eigenvalue weighted by atomic mass is 10.1. The van der Waals surface area contributed by atoms with Gasteiger partial charge < -0.3 is 15.7 Å². The number of nitrogens with zero attached hydrogens (tertiary/aromatic N) is 2. The molecule has 0 saturated carbocycles. The van der Waals surface area contributed by atoms with Crippen LogP contribution in [0.2, 0.25) is 0 Å². The van der Waals surface area contributed by atoms with E-state index in [1.54, 1.807) is 10.9 Å². The summed E-state index contributed by atoms with van der Waals surface area (Å²) in [6, 6.07) is 2.55. The topological polar surface area (TPSA) is 79.2 Å². The Hall–Kier alpha value is -2.48. The van der Waals surface area contributed by atoms with E-state index in [0.29, 0.717) is 12.2 Å². The lowest BCUT2D eigenvalue weighted by Crippen LogP contribution is -2.32. The van der Waals surface area contributed by atoms with Crippen LogP contribution in [0.3, 0.4) is 0 Å². The van der Waals surface area contributed by atoms with Crippen LogP contribution >= 0.6 is 0 Å². The second-order valence-electron chi connectivity index (χ2n) is 4.61. The van der Waals surface area contributed by atoms with Crippen LogP contribution in [0, 0.1) is 11.6 Å². The van der Waals surface area contributed by atoms with E-state index in [2.05, 4.69) is 15.7 Å². The molecule has 6 nitrogen and oxygen atoms in total. The van der Waals surface area contributed by atoms with Gasteiger partial charge in [-0.1, -0.05) is 6.07 Å². The van der Waals surface area contributed by atoms with Gasteiger partial charge in [0.15, 0.2) is 11.6 Å². The van der Waals surface area contributed by atoms with Crippen molar-refractivity contribution < 1.29 is 18.7 Å². The second-order valence-corrected chi connectivity index (χ2v) is 4.61. The molecule has 0 aliphatic heterocycles. The number of hydrogen-bond acceptors (Lipinski definition) is 3. The van der Waals surface area contributed by atoms with Crippen molar-refractivity contribution in [1.82, 2.24) is 15.1 Å². The van der Waals surface area contributed by atoms with Crippen LogP contribution in [0.4, 0.5) is 19.3 Å². The van der Waals surface area contributed by atoms with E-state index in [-0.39, 0.29) is 12.1 Å². The molecule has 1 aromatic heterocycles. The predicted octanol–water partition coefficient (Wildman–Crippen LogP) is 2.04. The van der Waals surface area contributed by atoms with Gasteiger partial charge in [-0.3, -0.25) is 4.68 Å². The Kier molecular flexibility index (Phi) is 5.05. The maximum Gasteiger partial charge on any atom is 0.319 e. The summed E-state index contributed by atoms with van der Waals surface area (Å²) in [5.41, 5.74) is 0.694. The average Bonchev–Trinajstić information content (AvgIpc) is 2.95. The number of carbonyl (C=O) groups excluding carboxylic acids is 1. The number of aromatic nitrogens is 2. The number of aryl methyl sites for hydroxylation is 1. The highest BCUT2D eigenvalue weighted by Gasteiger charge is 2.12. The van der Waals surface area contributed by atoms with E-state index >= 15 is 0 Å². The van der Waals surface area contributed by atoms with Gasteiger partial charge in [0, 0.05) is 19.3 Å². The molecule has 2 rings (SSSR count). The SMILES string of the molecule is CCn1cc(NC(=O)NC[C@H](O)c2ccc(F)c(F)c2)cn1. The minimum absolute atomic E-state index is 0.140. The van der Waals surface area contributed by atoms with Crippen molar-refractivity contribution in [2.75, 3.05) is 11.9 Å². The third-order valence-electron chi connectivity index (χ3n) is 3.00. The highest BCUT2D eigenvalue weighted by Crippen LogP contribution is 2.15. The first-order chi connectivity index (χ1) is 10.5. The van der Waals surface area contributed by atoms with E-state index in [0.717, 1.165) is 12.1 Å². The normalized spacial score (nSPS) is 12.0. The summed E-state index contributed by atoms with van der Waals surface area (Å²) in [5.74, 6) is -2.04. The molecule has 8 heteroatoms. The maximum absolute atomic E-state index is 13.1. The fraction of sp³-hybridized carbons (Fsp3) is 0.286. The molecule has 118 valence electrons. The molecule has 0 radical (unpaired) electrons. The molecule has 1 aromatic carbocycles. The molecular formula is C14H16F2N4O2. The fourth-order valence-electron chi connectivity index (χ4n) is 1.80. The van der Waals surface area contributed by atoms with Crippen molar-refractivity contribution in [3.8, 4) is 0 Å². The Balaban J connectivity index is 1.85. The molecule has 2 aromatic rings. The Morgan fingerprint density at radius 3 is 2.82 bits per heavy atom. The number of amides is 2. The number of aliphatic hydroxyl groups excluding tert-OH is 1. The average molecular weight is 310 g/mol. The molecule has 0 unspecified atom stereocenters. The quantitative estimate of drug-likeness (QED) is 0.790. The summed E-state index contributed by atoms with van der Waals surface area (Å²) in [6.45, 7) is 2.45. The van der Waals surface area contributed by atoms with Gasteiger partial charge in [0.1, 0.15) is 0 Å². The first-order valence-electron chi connectivity index (χ1n) is 6.70. The van der Waals surface area contributed by atoms with Gasteiger partial charge in [0.05, 0.1) is 18.0 Å². The lowest BCUT2D eigenvalue weighted by Gasteiger charge is -2.12. The highest BCUT2D eigenvalue weighted by molar-refractivity contribution is 5.88. The Morgan fingerprint density at radius 2 is 2.18 bits per heavy atom. The number of carbonyl (C=O) groups is 1. The molecule has 22 heavy (non-hydrogen) atoms. The molecule has 0 fully saturated rings. The number of anilines is 1. The summed E-state index contributed by atoms with van der Waals surface area (Å²) in [4.78, 5) is 11.7. The molecule has 2 amide bonds. The molecule has 0 spiro atoms. The zero-order chi connectivity index (χ0) is 16.1. The number of nitrogens with one attached hydrogen (secondary N) is 2. The molecule has 1 atom stereocenters. The summed E-state index contributed by atoms with van der Waals surface area (Å²) in [7, 11) is 0. The van der Waals surface area contributed by atoms with Gasteiger partial charge in [0.2, 0.25) is 0 Å². The molecular weight excluding hydrogens is 294 g/mol.